The molecular weight excluding hydrogens is 340 g/mol. The summed E-state index contributed by atoms with van der Waals surface area (Å²) in [6.45, 7) is 9.60. The Balaban J connectivity index is 1.52. The van der Waals surface area contributed by atoms with Crippen molar-refractivity contribution in [3.8, 4) is 5.75 Å². The number of likely N-dealkylation sites (tertiary alicyclic amines) is 1. The van der Waals surface area contributed by atoms with Gasteiger partial charge in [-0.05, 0) is 38.4 Å². The van der Waals surface area contributed by atoms with Gasteiger partial charge in [0.05, 0.1) is 19.3 Å². The van der Waals surface area contributed by atoms with E-state index >= 15 is 0 Å². The highest BCUT2D eigenvalue weighted by Gasteiger charge is 2.29. The third-order valence-corrected chi connectivity index (χ3v) is 6.00. The van der Waals surface area contributed by atoms with Gasteiger partial charge in [0.1, 0.15) is 5.75 Å². The molecule has 3 rings (SSSR count). The quantitative estimate of drug-likeness (QED) is 0.759. The van der Waals surface area contributed by atoms with Crippen LogP contribution >= 0.6 is 0 Å². The molecule has 0 saturated carbocycles. The molecule has 2 saturated heterocycles. The van der Waals surface area contributed by atoms with Crippen LogP contribution in [0.3, 0.4) is 0 Å². The smallest absolute Gasteiger partial charge is 0.236 e. The number of piperazine rings is 1. The van der Waals surface area contributed by atoms with E-state index < -0.39 is 0 Å². The molecule has 0 unspecified atom stereocenters. The maximum atomic E-state index is 12.2. The lowest BCUT2D eigenvalue weighted by Gasteiger charge is -2.44. The standard InChI is InChI=1S/C21H34N4O2/c1-4-22(2)21(26)17-23-11-7-8-18(16-23)24-12-14-25(15-13-24)19-9-5-6-10-20(19)27-3/h5-6,9-10,18H,4,7-8,11-17H2,1-3H3/t18-/m0/s1. The highest BCUT2D eigenvalue weighted by atomic mass is 16.5. The molecule has 2 aliphatic rings. The number of hydrogen-bond acceptors (Lipinski definition) is 5. The molecule has 0 radical (unpaired) electrons. The van der Waals surface area contributed by atoms with Crippen LogP contribution < -0.4 is 9.64 Å². The number of anilines is 1. The van der Waals surface area contributed by atoms with Gasteiger partial charge >= 0.3 is 0 Å². The van der Waals surface area contributed by atoms with E-state index in [1.165, 1.54) is 18.5 Å². The number of carbonyl (C=O) groups excluding carboxylic acids is 1. The zero-order valence-corrected chi connectivity index (χ0v) is 17.1. The molecule has 1 aromatic rings. The van der Waals surface area contributed by atoms with Gasteiger partial charge in [0.15, 0.2) is 0 Å². The molecule has 2 aliphatic heterocycles. The van der Waals surface area contributed by atoms with E-state index in [1.807, 2.05) is 31.0 Å². The van der Waals surface area contributed by atoms with Gasteiger partial charge in [-0.15, -0.1) is 0 Å². The van der Waals surface area contributed by atoms with Gasteiger partial charge in [-0.1, -0.05) is 12.1 Å². The van der Waals surface area contributed by atoms with E-state index in [4.69, 9.17) is 4.74 Å². The van der Waals surface area contributed by atoms with Crippen LogP contribution in [-0.2, 0) is 4.79 Å². The molecule has 150 valence electrons. The normalized spacial score (nSPS) is 21.9. The molecule has 6 nitrogen and oxygen atoms in total. The number of benzene rings is 1. The first-order valence-corrected chi connectivity index (χ1v) is 10.2. The van der Waals surface area contributed by atoms with E-state index in [1.54, 1.807) is 7.11 Å². The number of likely N-dealkylation sites (N-methyl/N-ethyl adjacent to an activating group) is 1. The number of ether oxygens (including phenoxy) is 1. The van der Waals surface area contributed by atoms with E-state index in [2.05, 4.69) is 26.8 Å². The molecule has 6 heteroatoms. The summed E-state index contributed by atoms with van der Waals surface area (Å²) >= 11 is 0. The number of hydrogen-bond donors (Lipinski definition) is 0. The molecular formula is C21H34N4O2. The van der Waals surface area contributed by atoms with Crippen LogP contribution in [0.15, 0.2) is 24.3 Å². The van der Waals surface area contributed by atoms with Gasteiger partial charge in [0.2, 0.25) is 5.91 Å². The van der Waals surface area contributed by atoms with Gasteiger partial charge in [0, 0.05) is 52.4 Å². The van der Waals surface area contributed by atoms with Crippen LogP contribution in [0.4, 0.5) is 5.69 Å². The van der Waals surface area contributed by atoms with Crippen LogP contribution in [0.25, 0.3) is 0 Å². The predicted molar refractivity (Wildman–Crippen MR) is 110 cm³/mol. The molecule has 0 aromatic heterocycles. The highest BCUT2D eigenvalue weighted by molar-refractivity contribution is 5.77. The average molecular weight is 375 g/mol. The number of carbonyl (C=O) groups is 1. The first-order valence-electron chi connectivity index (χ1n) is 10.2. The Kier molecular flexibility index (Phi) is 6.96. The Morgan fingerprint density at radius 1 is 1.19 bits per heavy atom. The van der Waals surface area contributed by atoms with Crippen molar-refractivity contribution in [2.45, 2.75) is 25.8 Å². The van der Waals surface area contributed by atoms with Crippen LogP contribution in [0.5, 0.6) is 5.75 Å². The lowest BCUT2D eigenvalue weighted by atomic mass is 10.0. The summed E-state index contributed by atoms with van der Waals surface area (Å²) in [5.41, 5.74) is 1.19. The first kappa shape index (κ1) is 20.0. The summed E-state index contributed by atoms with van der Waals surface area (Å²) in [5, 5.41) is 0. The molecule has 27 heavy (non-hydrogen) atoms. The van der Waals surface area contributed by atoms with Crippen molar-refractivity contribution in [3.63, 3.8) is 0 Å². The first-order chi connectivity index (χ1) is 13.1. The number of piperidine rings is 1. The van der Waals surface area contributed by atoms with Crippen LogP contribution in [0, 0.1) is 0 Å². The van der Waals surface area contributed by atoms with Crippen LogP contribution in [-0.4, -0.2) is 93.2 Å². The average Bonchev–Trinajstić information content (AvgIpc) is 2.73. The van der Waals surface area contributed by atoms with Crippen LogP contribution in [0.1, 0.15) is 19.8 Å². The molecule has 2 fully saturated rings. The van der Waals surface area contributed by atoms with E-state index in [0.717, 1.165) is 51.6 Å². The summed E-state index contributed by atoms with van der Waals surface area (Å²) in [7, 11) is 3.63. The Bertz CT molecular complexity index is 616. The van der Waals surface area contributed by atoms with Gasteiger partial charge in [-0.25, -0.2) is 0 Å². The second-order valence-electron chi connectivity index (χ2n) is 7.63. The number of rotatable bonds is 6. The number of nitrogens with zero attached hydrogens (tertiary/aromatic N) is 4. The molecule has 0 N–H and O–H groups in total. The number of methoxy groups -OCH3 is 1. The Morgan fingerprint density at radius 2 is 1.93 bits per heavy atom. The van der Waals surface area contributed by atoms with Crippen molar-refractivity contribution >= 4 is 11.6 Å². The maximum absolute atomic E-state index is 12.2. The van der Waals surface area contributed by atoms with Crippen molar-refractivity contribution in [2.24, 2.45) is 0 Å². The summed E-state index contributed by atoms with van der Waals surface area (Å²) in [5.74, 6) is 1.19. The van der Waals surface area contributed by atoms with Gasteiger partial charge in [-0.2, -0.15) is 0 Å². The van der Waals surface area contributed by atoms with E-state index in [0.29, 0.717) is 12.6 Å². The molecule has 0 bridgehead atoms. The second-order valence-corrected chi connectivity index (χ2v) is 7.63. The third-order valence-electron chi connectivity index (χ3n) is 6.00. The molecule has 1 aromatic carbocycles. The summed E-state index contributed by atoms with van der Waals surface area (Å²) in [4.78, 5) is 21.4. The Labute approximate surface area is 163 Å². The summed E-state index contributed by atoms with van der Waals surface area (Å²) in [6, 6.07) is 8.84. The summed E-state index contributed by atoms with van der Waals surface area (Å²) < 4.78 is 5.52. The minimum absolute atomic E-state index is 0.235. The minimum Gasteiger partial charge on any atom is -0.495 e. The van der Waals surface area contributed by atoms with Crippen LogP contribution in [0.2, 0.25) is 0 Å². The van der Waals surface area contributed by atoms with Crippen molar-refractivity contribution in [2.75, 3.05) is 71.4 Å². The molecule has 2 heterocycles. The Hall–Kier alpha value is -1.79. The van der Waals surface area contributed by atoms with Crippen molar-refractivity contribution in [1.29, 1.82) is 0 Å². The third kappa shape index (κ3) is 4.93. The molecule has 0 spiro atoms. The van der Waals surface area contributed by atoms with E-state index in [-0.39, 0.29) is 5.91 Å². The van der Waals surface area contributed by atoms with Gasteiger partial charge in [0.25, 0.3) is 0 Å². The topological polar surface area (TPSA) is 39.3 Å². The SMILES string of the molecule is CCN(C)C(=O)CN1CCC[C@H](N2CCN(c3ccccc3OC)CC2)C1. The monoisotopic (exact) mass is 374 g/mol. The Morgan fingerprint density at radius 3 is 2.63 bits per heavy atom. The molecule has 1 atom stereocenters. The van der Waals surface area contributed by atoms with Crippen molar-refractivity contribution in [3.05, 3.63) is 24.3 Å². The fraction of sp³-hybridized carbons (Fsp3) is 0.667. The van der Waals surface area contributed by atoms with Crippen molar-refractivity contribution in [1.82, 2.24) is 14.7 Å². The zero-order chi connectivity index (χ0) is 19.2. The molecule has 0 aliphatic carbocycles. The fourth-order valence-corrected chi connectivity index (χ4v) is 4.18. The zero-order valence-electron chi connectivity index (χ0n) is 17.1. The van der Waals surface area contributed by atoms with E-state index in [9.17, 15) is 4.79 Å². The van der Waals surface area contributed by atoms with Crippen molar-refractivity contribution < 1.29 is 9.53 Å². The van der Waals surface area contributed by atoms with Gasteiger partial charge < -0.3 is 14.5 Å². The largest absolute Gasteiger partial charge is 0.495 e. The van der Waals surface area contributed by atoms with Gasteiger partial charge in [-0.3, -0.25) is 14.6 Å². The minimum atomic E-state index is 0.235. The molecule has 1 amide bonds. The number of para-hydroxylation sites is 2. The lowest BCUT2D eigenvalue weighted by molar-refractivity contribution is -0.131. The number of amides is 1. The fourth-order valence-electron chi connectivity index (χ4n) is 4.18. The maximum Gasteiger partial charge on any atom is 0.236 e. The lowest BCUT2D eigenvalue weighted by Crippen LogP contribution is -2.56. The second kappa shape index (κ2) is 9.42. The summed E-state index contributed by atoms with van der Waals surface area (Å²) in [6.07, 6.45) is 2.42. The highest BCUT2D eigenvalue weighted by Crippen LogP contribution is 2.29. The predicted octanol–water partition coefficient (Wildman–Crippen LogP) is 1.76.